The van der Waals surface area contributed by atoms with Crippen molar-refractivity contribution in [1.29, 1.82) is 0 Å². The number of hydrogen-bond donors (Lipinski definition) is 5. The van der Waals surface area contributed by atoms with E-state index in [1.807, 2.05) is 4.90 Å². The highest BCUT2D eigenvalue weighted by Crippen LogP contribution is 2.26. The van der Waals surface area contributed by atoms with Gasteiger partial charge in [-0.3, -0.25) is 19.5 Å². The molecule has 2 amide bonds. The van der Waals surface area contributed by atoms with Crippen LogP contribution in [-0.4, -0.2) is 116 Å². The molecule has 248 valence electrons. The van der Waals surface area contributed by atoms with Gasteiger partial charge in [0.1, 0.15) is 12.3 Å². The van der Waals surface area contributed by atoms with Gasteiger partial charge in [0.25, 0.3) is 0 Å². The van der Waals surface area contributed by atoms with Gasteiger partial charge in [0.15, 0.2) is 0 Å². The largest absolute Gasteiger partial charge is 0.350 e. The highest BCUT2D eigenvalue weighted by Gasteiger charge is 2.42. The third-order valence-electron chi connectivity index (χ3n) is 9.64. The van der Waals surface area contributed by atoms with E-state index in [0.717, 1.165) is 38.8 Å². The molecule has 0 radical (unpaired) electrons. The molecule has 3 aliphatic heterocycles. The van der Waals surface area contributed by atoms with E-state index >= 15 is 4.39 Å². The van der Waals surface area contributed by atoms with Gasteiger partial charge in [-0.1, -0.05) is 33.1 Å². The topological polar surface area (TPSA) is 141 Å². The van der Waals surface area contributed by atoms with Gasteiger partial charge in [0.2, 0.25) is 11.8 Å². The van der Waals surface area contributed by atoms with Crippen molar-refractivity contribution < 1.29 is 18.4 Å². The maximum Gasteiger partial charge on any atom is 0.228 e. The van der Waals surface area contributed by atoms with Crippen molar-refractivity contribution in [1.82, 2.24) is 25.8 Å². The molecule has 0 aromatic heterocycles. The first-order valence-corrected chi connectivity index (χ1v) is 16.6. The molecule has 43 heavy (non-hydrogen) atoms. The minimum atomic E-state index is -1.20. The number of amides is 2. The summed E-state index contributed by atoms with van der Waals surface area (Å²) in [6.45, 7) is 12.1. The molecule has 3 heterocycles. The van der Waals surface area contributed by atoms with Crippen LogP contribution in [0.25, 0.3) is 0 Å². The molecule has 7 unspecified atom stereocenters. The average molecular weight is 613 g/mol. The highest BCUT2D eigenvalue weighted by atomic mass is 19.1. The molecule has 0 aromatic rings. The fourth-order valence-electron chi connectivity index (χ4n) is 7.07. The predicted octanol–water partition coefficient (Wildman–Crippen LogP) is 1.58. The summed E-state index contributed by atoms with van der Waals surface area (Å²) in [5, 5.41) is 9.46. The van der Waals surface area contributed by atoms with Crippen molar-refractivity contribution in [3.63, 3.8) is 0 Å². The lowest BCUT2D eigenvalue weighted by molar-refractivity contribution is -0.138. The van der Waals surface area contributed by atoms with Gasteiger partial charge in [-0.15, -0.1) is 0 Å². The van der Waals surface area contributed by atoms with E-state index in [2.05, 4.69) is 46.6 Å². The van der Waals surface area contributed by atoms with E-state index < -0.39 is 48.5 Å². The van der Waals surface area contributed by atoms with Crippen LogP contribution in [0, 0.1) is 17.8 Å². The van der Waals surface area contributed by atoms with Gasteiger partial charge in [-0.25, -0.2) is 8.78 Å². The summed E-state index contributed by atoms with van der Waals surface area (Å²) in [6.07, 6.45) is 3.60. The maximum absolute atomic E-state index is 15.4. The van der Waals surface area contributed by atoms with E-state index in [0.29, 0.717) is 51.4 Å². The Hall–Kier alpha value is -1.73. The molecule has 0 bridgehead atoms. The third kappa shape index (κ3) is 10.4. The van der Waals surface area contributed by atoms with Gasteiger partial charge in [0.05, 0.1) is 30.2 Å². The lowest BCUT2D eigenvalue weighted by Crippen LogP contribution is -2.67. The molecule has 3 saturated heterocycles. The number of rotatable bonds is 14. The van der Waals surface area contributed by atoms with Crippen molar-refractivity contribution in [3.05, 3.63) is 0 Å². The normalized spacial score (nSPS) is 29.0. The van der Waals surface area contributed by atoms with Crippen LogP contribution in [0.3, 0.4) is 0 Å². The average Bonchev–Trinajstić information content (AvgIpc) is 2.98. The zero-order valence-electron chi connectivity index (χ0n) is 26.8. The highest BCUT2D eigenvalue weighted by molar-refractivity contribution is 5.81. The Bertz CT molecular complexity index is 888. The second-order valence-corrected chi connectivity index (χ2v) is 13.0. The number of aliphatic imine (C=N–C) groups is 1. The van der Waals surface area contributed by atoms with Crippen molar-refractivity contribution >= 4 is 18.0 Å². The minimum absolute atomic E-state index is 0.0634. The summed E-state index contributed by atoms with van der Waals surface area (Å²) in [5.74, 6) is -0.670. The summed E-state index contributed by atoms with van der Waals surface area (Å²) < 4.78 is 30.0. The van der Waals surface area contributed by atoms with Gasteiger partial charge >= 0.3 is 0 Å². The zero-order valence-corrected chi connectivity index (χ0v) is 26.8. The van der Waals surface area contributed by atoms with Crippen LogP contribution in [0.5, 0.6) is 0 Å². The van der Waals surface area contributed by atoms with Crippen LogP contribution < -0.4 is 27.4 Å². The van der Waals surface area contributed by atoms with Crippen LogP contribution in [0.2, 0.25) is 0 Å². The second-order valence-electron chi connectivity index (χ2n) is 13.0. The van der Waals surface area contributed by atoms with E-state index in [1.165, 1.54) is 6.21 Å². The number of halogens is 2. The molecule has 7 N–H and O–H groups in total. The number of carbonyl (C=O) groups excluding carboxylic acids is 2. The molecule has 12 heteroatoms. The molecule has 8 atom stereocenters. The fraction of sp³-hybridized carbons (Fsp3) is 0.903. The number of piperidine rings is 2. The first-order valence-electron chi connectivity index (χ1n) is 16.6. The van der Waals surface area contributed by atoms with Gasteiger partial charge in [0, 0.05) is 50.9 Å². The second kappa shape index (κ2) is 17.7. The Kier molecular flexibility index (Phi) is 14.7. The smallest absolute Gasteiger partial charge is 0.228 e. The SMILES string of the molecule is CCCC(CC)CCC(F)C=NC(C)C(C(=O)NC1CNCC(F)C1N1CCC(C(=O)N2CCN[C@H](C)C2)CC1)C(N)N. The first kappa shape index (κ1) is 35.7. The standard InChI is InChI=1S/C31H58F2N8O2/c1-5-7-22(6-2)8-9-24(32)16-38-21(4)27(29(34)35)30(42)39-26-18-36-17-25(33)28(26)40-13-10-23(11-14-40)31(43)41-15-12-37-20(3)19-41/h16,20-29,36-37H,5-15,17-19,34-35H2,1-4H3,(H,39,42)/t20-,21?,22?,24?,25?,26?,27?,28?/m1/s1. The number of likely N-dealkylation sites (tertiary alicyclic amines) is 1. The molecule has 0 saturated carbocycles. The van der Waals surface area contributed by atoms with Crippen molar-refractivity contribution in [2.24, 2.45) is 34.2 Å². The summed E-state index contributed by atoms with van der Waals surface area (Å²) in [6, 6.07) is -1.39. The van der Waals surface area contributed by atoms with Crippen LogP contribution >= 0.6 is 0 Å². The van der Waals surface area contributed by atoms with Gasteiger partial charge in [-0.05, 0) is 58.5 Å². The molecular formula is C31H58F2N8O2. The number of carbonyl (C=O) groups is 2. The zero-order chi connectivity index (χ0) is 31.5. The van der Waals surface area contributed by atoms with Crippen molar-refractivity contribution in [3.8, 4) is 0 Å². The number of hydrogen-bond acceptors (Lipinski definition) is 8. The lowest BCUT2D eigenvalue weighted by atomic mass is 9.89. The fourth-order valence-corrected chi connectivity index (χ4v) is 7.07. The summed E-state index contributed by atoms with van der Waals surface area (Å²) in [5.41, 5.74) is 12.1. The number of nitrogens with zero attached hydrogens (tertiary/aromatic N) is 3. The van der Waals surface area contributed by atoms with Crippen LogP contribution in [0.1, 0.15) is 72.6 Å². The summed E-state index contributed by atoms with van der Waals surface area (Å²) in [4.78, 5) is 35.0. The molecule has 3 rings (SSSR count). The first-order chi connectivity index (χ1) is 20.5. The van der Waals surface area contributed by atoms with Gasteiger partial charge in [-0.2, -0.15) is 0 Å². The summed E-state index contributed by atoms with van der Waals surface area (Å²) >= 11 is 0. The van der Waals surface area contributed by atoms with Crippen molar-refractivity contribution in [2.75, 3.05) is 45.8 Å². The van der Waals surface area contributed by atoms with E-state index in [-0.39, 0.29) is 24.4 Å². The van der Waals surface area contributed by atoms with Gasteiger partial charge < -0.3 is 32.3 Å². The van der Waals surface area contributed by atoms with Crippen LogP contribution in [-0.2, 0) is 9.59 Å². The Morgan fingerprint density at radius 3 is 2.47 bits per heavy atom. The molecule has 0 aromatic carbocycles. The van der Waals surface area contributed by atoms with E-state index in [4.69, 9.17) is 11.5 Å². The van der Waals surface area contributed by atoms with Crippen LogP contribution in [0.15, 0.2) is 4.99 Å². The monoisotopic (exact) mass is 612 g/mol. The Balaban J connectivity index is 1.57. The Morgan fingerprint density at radius 1 is 1.12 bits per heavy atom. The lowest BCUT2D eigenvalue weighted by Gasteiger charge is -2.45. The molecule has 0 aliphatic carbocycles. The van der Waals surface area contributed by atoms with E-state index in [9.17, 15) is 14.0 Å². The molecular weight excluding hydrogens is 554 g/mol. The minimum Gasteiger partial charge on any atom is -0.350 e. The molecule has 3 aliphatic rings. The van der Waals surface area contributed by atoms with E-state index in [1.54, 1.807) is 6.92 Å². The molecule has 0 spiro atoms. The quantitative estimate of drug-likeness (QED) is 0.148. The van der Waals surface area contributed by atoms with Crippen molar-refractivity contribution in [2.45, 2.75) is 115 Å². The number of piperazine rings is 1. The number of nitrogens with one attached hydrogen (secondary N) is 3. The molecule has 10 nitrogen and oxygen atoms in total. The predicted molar refractivity (Wildman–Crippen MR) is 168 cm³/mol. The summed E-state index contributed by atoms with van der Waals surface area (Å²) in [7, 11) is 0. The Labute approximate surface area is 257 Å². The van der Waals surface area contributed by atoms with Crippen LogP contribution in [0.4, 0.5) is 8.78 Å². The Morgan fingerprint density at radius 2 is 1.84 bits per heavy atom. The molecule has 3 fully saturated rings. The third-order valence-corrected chi connectivity index (χ3v) is 9.64. The maximum atomic E-state index is 15.4. The number of nitrogens with two attached hydrogens (primary N) is 2. The number of alkyl halides is 2.